The van der Waals surface area contributed by atoms with Crippen molar-refractivity contribution in [1.82, 2.24) is 0 Å². The number of benzene rings is 2. The maximum atomic E-state index is 12.3. The standard InChI is InChI=1S/C19H22F3NO/c1-10-11(2)13(4)17(14(5)12(10)3)18(23)15-6-8-16(9-7-15)24-19(20,21)22/h6-9,18H,23H2,1-5H3/t18-/m1/s1. The molecule has 1 atom stereocenters. The van der Waals surface area contributed by atoms with Crippen LogP contribution in [0.4, 0.5) is 13.2 Å². The molecule has 5 heteroatoms. The van der Waals surface area contributed by atoms with Crippen LogP contribution in [0.25, 0.3) is 0 Å². The summed E-state index contributed by atoms with van der Waals surface area (Å²) in [6.45, 7) is 10.3. The number of rotatable bonds is 3. The van der Waals surface area contributed by atoms with E-state index >= 15 is 0 Å². The SMILES string of the molecule is Cc1c(C)c(C)c([C@H](N)c2ccc(OC(F)(F)F)cc2)c(C)c1C. The lowest BCUT2D eigenvalue weighted by atomic mass is 9.84. The van der Waals surface area contributed by atoms with Crippen LogP contribution in [0, 0.1) is 34.6 Å². The number of halogens is 3. The first-order valence-corrected chi connectivity index (χ1v) is 7.71. The molecule has 0 saturated carbocycles. The Hall–Kier alpha value is -2.01. The molecule has 0 fully saturated rings. The van der Waals surface area contributed by atoms with Gasteiger partial charge in [0.15, 0.2) is 0 Å². The molecule has 2 N–H and O–H groups in total. The second-order valence-corrected chi connectivity index (χ2v) is 6.13. The molecular weight excluding hydrogens is 315 g/mol. The van der Waals surface area contributed by atoms with Gasteiger partial charge in [-0.1, -0.05) is 12.1 Å². The fraction of sp³-hybridized carbons (Fsp3) is 0.368. The molecule has 0 heterocycles. The molecule has 0 spiro atoms. The monoisotopic (exact) mass is 337 g/mol. The van der Waals surface area contributed by atoms with E-state index in [0.29, 0.717) is 0 Å². The van der Waals surface area contributed by atoms with Crippen molar-refractivity contribution < 1.29 is 17.9 Å². The normalized spacial score (nSPS) is 13.0. The minimum Gasteiger partial charge on any atom is -0.406 e. The van der Waals surface area contributed by atoms with E-state index in [0.717, 1.165) is 22.3 Å². The van der Waals surface area contributed by atoms with Crippen molar-refractivity contribution in [3.63, 3.8) is 0 Å². The lowest BCUT2D eigenvalue weighted by Gasteiger charge is -2.23. The Balaban J connectivity index is 2.41. The van der Waals surface area contributed by atoms with Gasteiger partial charge in [-0.25, -0.2) is 0 Å². The topological polar surface area (TPSA) is 35.2 Å². The van der Waals surface area contributed by atoms with Crippen molar-refractivity contribution in [3.05, 3.63) is 63.2 Å². The highest BCUT2D eigenvalue weighted by Gasteiger charge is 2.31. The van der Waals surface area contributed by atoms with Gasteiger partial charge in [0.2, 0.25) is 0 Å². The van der Waals surface area contributed by atoms with Gasteiger partial charge in [-0.15, -0.1) is 13.2 Å². The Kier molecular flexibility index (Phi) is 4.95. The molecule has 2 nitrogen and oxygen atoms in total. The Labute approximate surface area is 140 Å². The van der Waals surface area contributed by atoms with Crippen LogP contribution in [-0.4, -0.2) is 6.36 Å². The van der Waals surface area contributed by atoms with E-state index in [4.69, 9.17) is 5.73 Å². The zero-order valence-corrected chi connectivity index (χ0v) is 14.5. The summed E-state index contributed by atoms with van der Waals surface area (Å²) in [4.78, 5) is 0. The molecule has 2 rings (SSSR count). The molecule has 0 radical (unpaired) electrons. The quantitative estimate of drug-likeness (QED) is 0.838. The lowest BCUT2D eigenvalue weighted by Crippen LogP contribution is -2.18. The Bertz CT molecular complexity index is 720. The van der Waals surface area contributed by atoms with Crippen LogP contribution in [0.15, 0.2) is 24.3 Å². The zero-order valence-electron chi connectivity index (χ0n) is 14.5. The Morgan fingerprint density at radius 2 is 1.21 bits per heavy atom. The molecule has 0 bridgehead atoms. The van der Waals surface area contributed by atoms with E-state index in [1.54, 1.807) is 12.1 Å². The third kappa shape index (κ3) is 3.56. The van der Waals surface area contributed by atoms with Gasteiger partial charge in [-0.3, -0.25) is 0 Å². The van der Waals surface area contributed by atoms with Gasteiger partial charge in [0.25, 0.3) is 0 Å². The molecule has 0 aliphatic heterocycles. The van der Waals surface area contributed by atoms with E-state index in [-0.39, 0.29) is 5.75 Å². The van der Waals surface area contributed by atoms with Gasteiger partial charge in [-0.05, 0) is 85.7 Å². The van der Waals surface area contributed by atoms with Crippen molar-refractivity contribution in [3.8, 4) is 5.75 Å². The average Bonchev–Trinajstić information content (AvgIpc) is 2.50. The van der Waals surface area contributed by atoms with Gasteiger partial charge < -0.3 is 10.5 Å². The third-order valence-corrected chi connectivity index (χ3v) is 4.84. The van der Waals surface area contributed by atoms with Gasteiger partial charge >= 0.3 is 6.36 Å². The number of hydrogen-bond donors (Lipinski definition) is 1. The zero-order chi connectivity index (χ0) is 18.2. The van der Waals surface area contributed by atoms with Crippen LogP contribution in [-0.2, 0) is 0 Å². The molecule has 0 aliphatic rings. The van der Waals surface area contributed by atoms with Crippen molar-refractivity contribution in [2.75, 3.05) is 0 Å². The lowest BCUT2D eigenvalue weighted by molar-refractivity contribution is -0.274. The van der Waals surface area contributed by atoms with Crippen LogP contribution in [0.1, 0.15) is 45.0 Å². The number of nitrogens with two attached hydrogens (primary N) is 1. The fourth-order valence-corrected chi connectivity index (χ4v) is 3.04. The summed E-state index contributed by atoms with van der Waals surface area (Å²) < 4.78 is 40.7. The molecule has 130 valence electrons. The Morgan fingerprint density at radius 3 is 1.62 bits per heavy atom. The van der Waals surface area contributed by atoms with Gasteiger partial charge in [0, 0.05) is 0 Å². The summed E-state index contributed by atoms with van der Waals surface area (Å²) in [6.07, 6.45) is -4.69. The third-order valence-electron chi connectivity index (χ3n) is 4.84. The molecule has 0 aromatic heterocycles. The largest absolute Gasteiger partial charge is 0.573 e. The number of ether oxygens (including phenoxy) is 1. The smallest absolute Gasteiger partial charge is 0.406 e. The van der Waals surface area contributed by atoms with Gasteiger partial charge in [0.1, 0.15) is 5.75 Å². The highest BCUT2D eigenvalue weighted by atomic mass is 19.4. The molecule has 0 saturated heterocycles. The van der Waals surface area contributed by atoms with E-state index < -0.39 is 12.4 Å². The summed E-state index contributed by atoms with van der Waals surface area (Å²) in [5.41, 5.74) is 14.1. The first-order valence-electron chi connectivity index (χ1n) is 7.71. The summed E-state index contributed by atoms with van der Waals surface area (Å²) >= 11 is 0. The first kappa shape index (κ1) is 18.3. The summed E-state index contributed by atoms with van der Waals surface area (Å²) in [5, 5.41) is 0. The van der Waals surface area contributed by atoms with E-state index in [2.05, 4.69) is 25.5 Å². The minimum absolute atomic E-state index is 0.247. The Morgan fingerprint density at radius 1 is 0.792 bits per heavy atom. The second kappa shape index (κ2) is 6.48. The van der Waals surface area contributed by atoms with Crippen LogP contribution in [0.2, 0.25) is 0 Å². The van der Waals surface area contributed by atoms with Crippen molar-refractivity contribution in [1.29, 1.82) is 0 Å². The number of alkyl halides is 3. The average molecular weight is 337 g/mol. The molecule has 0 amide bonds. The molecule has 24 heavy (non-hydrogen) atoms. The highest BCUT2D eigenvalue weighted by Crippen LogP contribution is 2.33. The van der Waals surface area contributed by atoms with Gasteiger partial charge in [0.05, 0.1) is 6.04 Å². The molecule has 2 aromatic rings. The van der Waals surface area contributed by atoms with E-state index in [9.17, 15) is 13.2 Å². The first-order chi connectivity index (χ1) is 11.0. The predicted molar refractivity (Wildman–Crippen MR) is 89.3 cm³/mol. The van der Waals surface area contributed by atoms with Crippen LogP contribution in [0.3, 0.4) is 0 Å². The van der Waals surface area contributed by atoms with Crippen LogP contribution >= 0.6 is 0 Å². The minimum atomic E-state index is -4.69. The van der Waals surface area contributed by atoms with E-state index in [1.807, 2.05) is 13.8 Å². The molecule has 2 aromatic carbocycles. The summed E-state index contributed by atoms with van der Waals surface area (Å²) in [5.74, 6) is -0.247. The summed E-state index contributed by atoms with van der Waals surface area (Å²) in [6, 6.07) is 5.34. The van der Waals surface area contributed by atoms with Crippen LogP contribution < -0.4 is 10.5 Å². The second-order valence-electron chi connectivity index (χ2n) is 6.13. The van der Waals surface area contributed by atoms with Crippen molar-refractivity contribution >= 4 is 0 Å². The van der Waals surface area contributed by atoms with E-state index in [1.165, 1.54) is 28.8 Å². The highest BCUT2D eigenvalue weighted by molar-refractivity contribution is 5.53. The predicted octanol–water partition coefficient (Wildman–Crippen LogP) is 5.18. The van der Waals surface area contributed by atoms with Crippen molar-refractivity contribution in [2.45, 2.75) is 47.0 Å². The molecular formula is C19H22F3NO. The molecule has 0 aliphatic carbocycles. The van der Waals surface area contributed by atoms with Crippen molar-refractivity contribution in [2.24, 2.45) is 5.73 Å². The van der Waals surface area contributed by atoms with Crippen LogP contribution in [0.5, 0.6) is 5.75 Å². The maximum absolute atomic E-state index is 12.3. The fourth-order valence-electron chi connectivity index (χ4n) is 3.04. The number of hydrogen-bond acceptors (Lipinski definition) is 2. The summed E-state index contributed by atoms with van der Waals surface area (Å²) in [7, 11) is 0. The maximum Gasteiger partial charge on any atom is 0.573 e. The molecule has 0 unspecified atom stereocenters. The van der Waals surface area contributed by atoms with Gasteiger partial charge in [-0.2, -0.15) is 0 Å².